The number of benzene rings is 1. The minimum atomic E-state index is -0.0692. The van der Waals surface area contributed by atoms with Gasteiger partial charge in [0, 0.05) is 12.7 Å². The number of nitrogens with two attached hydrogens (primary N) is 1. The molecule has 0 spiro atoms. The maximum atomic E-state index is 7.09. The second-order valence-corrected chi connectivity index (χ2v) is 3.10. The Morgan fingerprint density at radius 1 is 1.57 bits per heavy atom. The zero-order valence-corrected chi connectivity index (χ0v) is 7.78. The number of hydrogen-bond donors (Lipinski definition) is 3. The van der Waals surface area contributed by atoms with Gasteiger partial charge in [0.1, 0.15) is 0 Å². The van der Waals surface area contributed by atoms with Gasteiger partial charge in [-0.05, 0) is 18.2 Å². The molecule has 2 rings (SSSR count). The standard InChI is InChI=1S/C9H11N5/c1-14-5-12-7-4-6(13-9(10)11)2-3-8(7)14/h2-5H,1H3,(H4,10,11,13). The molecule has 1 aromatic carbocycles. The van der Waals surface area contributed by atoms with Crippen LogP contribution in [0.3, 0.4) is 0 Å². The molecular formula is C9H11N5. The van der Waals surface area contributed by atoms with Crippen LogP contribution in [0, 0.1) is 5.41 Å². The van der Waals surface area contributed by atoms with Crippen LogP contribution in [0.2, 0.25) is 0 Å². The average Bonchev–Trinajstić information content (AvgIpc) is 2.46. The minimum Gasteiger partial charge on any atom is -0.370 e. The lowest BCUT2D eigenvalue weighted by Crippen LogP contribution is -2.20. The first-order valence-corrected chi connectivity index (χ1v) is 4.19. The summed E-state index contributed by atoms with van der Waals surface area (Å²) in [6.07, 6.45) is 1.75. The number of nitrogens with one attached hydrogen (secondary N) is 2. The summed E-state index contributed by atoms with van der Waals surface area (Å²) in [7, 11) is 1.94. The molecule has 14 heavy (non-hydrogen) atoms. The lowest BCUT2D eigenvalue weighted by molar-refractivity contribution is 0.948. The highest BCUT2D eigenvalue weighted by atomic mass is 15.1. The van der Waals surface area contributed by atoms with E-state index in [1.165, 1.54) is 0 Å². The van der Waals surface area contributed by atoms with Gasteiger partial charge in [-0.3, -0.25) is 5.41 Å². The van der Waals surface area contributed by atoms with E-state index < -0.39 is 0 Å². The molecule has 5 nitrogen and oxygen atoms in total. The lowest BCUT2D eigenvalue weighted by atomic mass is 10.3. The predicted molar refractivity (Wildman–Crippen MR) is 56.3 cm³/mol. The van der Waals surface area contributed by atoms with Crippen molar-refractivity contribution in [1.29, 1.82) is 5.41 Å². The van der Waals surface area contributed by atoms with Gasteiger partial charge in [0.2, 0.25) is 0 Å². The van der Waals surface area contributed by atoms with Gasteiger partial charge in [-0.25, -0.2) is 4.98 Å². The lowest BCUT2D eigenvalue weighted by Gasteiger charge is -2.02. The number of fused-ring (bicyclic) bond motifs is 1. The predicted octanol–water partition coefficient (Wildman–Crippen LogP) is 0.879. The summed E-state index contributed by atoms with van der Waals surface area (Å²) in [4.78, 5) is 4.20. The van der Waals surface area contributed by atoms with E-state index in [0.29, 0.717) is 0 Å². The van der Waals surface area contributed by atoms with E-state index >= 15 is 0 Å². The zero-order valence-electron chi connectivity index (χ0n) is 7.78. The van der Waals surface area contributed by atoms with Crippen molar-refractivity contribution >= 4 is 22.7 Å². The van der Waals surface area contributed by atoms with Crippen LogP contribution in [-0.4, -0.2) is 15.5 Å². The van der Waals surface area contributed by atoms with E-state index in [9.17, 15) is 0 Å². The van der Waals surface area contributed by atoms with Gasteiger partial charge in [0.15, 0.2) is 5.96 Å². The summed E-state index contributed by atoms with van der Waals surface area (Å²) >= 11 is 0. The first-order valence-electron chi connectivity index (χ1n) is 4.19. The SMILES string of the molecule is Cn1cnc2cc(NC(=N)N)ccc21. The fourth-order valence-corrected chi connectivity index (χ4v) is 1.37. The van der Waals surface area contributed by atoms with Crippen LogP contribution in [0.1, 0.15) is 0 Å². The molecular weight excluding hydrogens is 178 g/mol. The first kappa shape index (κ1) is 8.55. The molecule has 4 N–H and O–H groups in total. The van der Waals surface area contributed by atoms with Crippen LogP contribution in [0.15, 0.2) is 24.5 Å². The highest BCUT2D eigenvalue weighted by molar-refractivity contribution is 5.92. The zero-order chi connectivity index (χ0) is 10.1. The molecule has 0 saturated carbocycles. The molecule has 5 heteroatoms. The Hall–Kier alpha value is -2.04. The third-order valence-corrected chi connectivity index (χ3v) is 2.00. The molecule has 2 aromatic rings. The molecule has 1 heterocycles. The Bertz CT molecular complexity index is 485. The third kappa shape index (κ3) is 1.39. The molecule has 0 aliphatic rings. The quantitative estimate of drug-likeness (QED) is 0.460. The van der Waals surface area contributed by atoms with Gasteiger partial charge in [-0.1, -0.05) is 0 Å². The number of guanidine groups is 1. The van der Waals surface area contributed by atoms with Crippen LogP contribution in [-0.2, 0) is 7.05 Å². The van der Waals surface area contributed by atoms with Crippen molar-refractivity contribution in [3.05, 3.63) is 24.5 Å². The number of imidazole rings is 1. The monoisotopic (exact) mass is 189 g/mol. The second kappa shape index (κ2) is 3.02. The van der Waals surface area contributed by atoms with Crippen molar-refractivity contribution in [2.75, 3.05) is 5.32 Å². The second-order valence-electron chi connectivity index (χ2n) is 3.10. The smallest absolute Gasteiger partial charge is 0.190 e. The summed E-state index contributed by atoms with van der Waals surface area (Å²) < 4.78 is 1.94. The fraction of sp³-hybridized carbons (Fsp3) is 0.111. The molecule has 0 saturated heterocycles. The largest absolute Gasteiger partial charge is 0.370 e. The van der Waals surface area contributed by atoms with Crippen molar-refractivity contribution in [1.82, 2.24) is 9.55 Å². The number of nitrogens with zero attached hydrogens (tertiary/aromatic N) is 2. The van der Waals surface area contributed by atoms with Gasteiger partial charge < -0.3 is 15.6 Å². The van der Waals surface area contributed by atoms with Gasteiger partial charge in [0.25, 0.3) is 0 Å². The van der Waals surface area contributed by atoms with Crippen molar-refractivity contribution < 1.29 is 0 Å². The van der Waals surface area contributed by atoms with Crippen molar-refractivity contribution in [3.8, 4) is 0 Å². The molecule has 0 fully saturated rings. The molecule has 0 bridgehead atoms. The van der Waals surface area contributed by atoms with Crippen molar-refractivity contribution in [2.24, 2.45) is 12.8 Å². The summed E-state index contributed by atoms with van der Waals surface area (Å²) in [6.45, 7) is 0. The van der Waals surface area contributed by atoms with Crippen LogP contribution < -0.4 is 11.1 Å². The number of rotatable bonds is 1. The highest BCUT2D eigenvalue weighted by Crippen LogP contribution is 2.16. The maximum absolute atomic E-state index is 7.09. The van der Waals surface area contributed by atoms with E-state index in [1.54, 1.807) is 6.33 Å². The van der Waals surface area contributed by atoms with Crippen molar-refractivity contribution in [2.45, 2.75) is 0 Å². The fourth-order valence-electron chi connectivity index (χ4n) is 1.37. The topological polar surface area (TPSA) is 79.7 Å². The van der Waals surface area contributed by atoms with Crippen LogP contribution >= 0.6 is 0 Å². The van der Waals surface area contributed by atoms with E-state index in [-0.39, 0.29) is 5.96 Å². The number of aromatic nitrogens is 2. The highest BCUT2D eigenvalue weighted by Gasteiger charge is 2.00. The van der Waals surface area contributed by atoms with E-state index in [0.717, 1.165) is 16.7 Å². The number of aryl methyl sites for hydroxylation is 1. The van der Waals surface area contributed by atoms with Crippen LogP contribution in [0.5, 0.6) is 0 Å². The number of hydrogen-bond acceptors (Lipinski definition) is 2. The van der Waals surface area contributed by atoms with Gasteiger partial charge in [0.05, 0.1) is 17.4 Å². The molecule has 0 aliphatic carbocycles. The van der Waals surface area contributed by atoms with E-state index in [2.05, 4.69) is 10.3 Å². The molecule has 72 valence electrons. The first-order chi connectivity index (χ1) is 6.66. The summed E-state index contributed by atoms with van der Waals surface area (Å²) in [6, 6.07) is 5.66. The van der Waals surface area contributed by atoms with E-state index in [1.807, 2.05) is 29.8 Å². The summed E-state index contributed by atoms with van der Waals surface area (Å²) in [5, 5.41) is 9.80. The Labute approximate surface area is 81.1 Å². The van der Waals surface area contributed by atoms with Crippen LogP contribution in [0.25, 0.3) is 11.0 Å². The molecule has 1 aromatic heterocycles. The summed E-state index contributed by atoms with van der Waals surface area (Å²) in [5.41, 5.74) is 7.94. The molecule has 0 atom stereocenters. The average molecular weight is 189 g/mol. The molecule has 0 radical (unpaired) electrons. The Morgan fingerprint density at radius 2 is 2.36 bits per heavy atom. The number of anilines is 1. The maximum Gasteiger partial charge on any atom is 0.190 e. The molecule has 0 amide bonds. The van der Waals surface area contributed by atoms with Crippen molar-refractivity contribution in [3.63, 3.8) is 0 Å². The normalized spacial score (nSPS) is 10.4. The molecule has 0 aliphatic heterocycles. The van der Waals surface area contributed by atoms with Gasteiger partial charge in [-0.15, -0.1) is 0 Å². The van der Waals surface area contributed by atoms with E-state index in [4.69, 9.17) is 11.1 Å². The van der Waals surface area contributed by atoms with Gasteiger partial charge in [-0.2, -0.15) is 0 Å². The summed E-state index contributed by atoms with van der Waals surface area (Å²) in [5.74, 6) is -0.0692. The Kier molecular flexibility index (Phi) is 1.85. The van der Waals surface area contributed by atoms with Crippen LogP contribution in [0.4, 0.5) is 5.69 Å². The Morgan fingerprint density at radius 3 is 3.07 bits per heavy atom. The molecule has 0 unspecified atom stereocenters. The minimum absolute atomic E-state index is 0.0692. The Balaban J connectivity index is 2.46. The van der Waals surface area contributed by atoms with Gasteiger partial charge >= 0.3 is 0 Å². The third-order valence-electron chi connectivity index (χ3n) is 2.00.